The lowest BCUT2D eigenvalue weighted by Gasteiger charge is -1.97. The van der Waals surface area contributed by atoms with Crippen LogP contribution in [0.25, 0.3) is 10.9 Å². The van der Waals surface area contributed by atoms with Crippen molar-refractivity contribution >= 4 is 33.9 Å². The number of halogens is 1. The highest BCUT2D eigenvalue weighted by Crippen LogP contribution is 2.12. The average Bonchev–Trinajstić information content (AvgIpc) is 2.38. The van der Waals surface area contributed by atoms with Crippen LogP contribution in [0.4, 0.5) is 4.79 Å². The predicted molar refractivity (Wildman–Crippen MR) is 71.6 cm³/mol. The summed E-state index contributed by atoms with van der Waals surface area (Å²) in [5.41, 5.74) is 0.295. The Morgan fingerprint density at radius 2 is 2.05 bits per heavy atom. The number of rotatable bonds is 2. The largest absolute Gasteiger partial charge is 0.478 e. The summed E-state index contributed by atoms with van der Waals surface area (Å²) in [6, 6.07) is 9.03. The Hall–Kier alpha value is -2.14. The van der Waals surface area contributed by atoms with Crippen LogP contribution in [0.5, 0.6) is 0 Å². The van der Waals surface area contributed by atoms with Gasteiger partial charge in [-0.05, 0) is 19.1 Å². The first-order valence-electron chi connectivity index (χ1n) is 5.45. The van der Waals surface area contributed by atoms with Crippen molar-refractivity contribution in [3.05, 3.63) is 42.1 Å². The number of para-hydroxylation sites is 1. The Labute approximate surface area is 114 Å². The molecule has 2 rings (SSSR count). The first-order chi connectivity index (χ1) is 9.04. The molecule has 1 aromatic carbocycles. The number of nitrogens with zero attached hydrogens (tertiary/aromatic N) is 1. The molecule has 0 aliphatic rings. The van der Waals surface area contributed by atoms with Gasteiger partial charge in [0.1, 0.15) is 0 Å². The monoisotopic (exact) mass is 281 g/mol. The molecule has 0 radical (unpaired) electrons. The average molecular weight is 282 g/mol. The fourth-order valence-electron chi connectivity index (χ4n) is 1.30. The lowest BCUT2D eigenvalue weighted by atomic mass is 10.2. The SMILES string of the molecule is CCOC(=O)Cl.O=C(O)c1cnc2ccccc2c1. The van der Waals surface area contributed by atoms with Gasteiger partial charge in [0.05, 0.1) is 17.7 Å². The van der Waals surface area contributed by atoms with Gasteiger partial charge in [-0.25, -0.2) is 9.59 Å². The van der Waals surface area contributed by atoms with Gasteiger partial charge in [0.2, 0.25) is 0 Å². The molecule has 5 nitrogen and oxygen atoms in total. The zero-order valence-electron chi connectivity index (χ0n) is 10.2. The number of benzene rings is 1. The van der Waals surface area contributed by atoms with Gasteiger partial charge in [0.25, 0.3) is 0 Å². The number of aromatic carboxylic acids is 1. The highest BCUT2D eigenvalue weighted by molar-refractivity contribution is 6.61. The molecule has 1 N–H and O–H groups in total. The van der Waals surface area contributed by atoms with E-state index in [0.717, 1.165) is 10.9 Å². The molecular formula is C13H12ClNO4. The van der Waals surface area contributed by atoms with Crippen molar-refractivity contribution in [2.24, 2.45) is 0 Å². The van der Waals surface area contributed by atoms with Crippen molar-refractivity contribution < 1.29 is 19.4 Å². The number of carboxylic acid groups (broad SMARTS) is 1. The van der Waals surface area contributed by atoms with Crippen LogP contribution >= 0.6 is 11.6 Å². The van der Waals surface area contributed by atoms with E-state index in [4.69, 9.17) is 16.7 Å². The van der Waals surface area contributed by atoms with E-state index in [-0.39, 0.29) is 5.56 Å². The molecule has 2 aromatic rings. The van der Waals surface area contributed by atoms with Gasteiger partial charge in [-0.2, -0.15) is 0 Å². The fourth-order valence-corrected chi connectivity index (χ4v) is 1.41. The molecule has 0 aliphatic heterocycles. The van der Waals surface area contributed by atoms with Crippen LogP contribution in [0, 0.1) is 0 Å². The van der Waals surface area contributed by atoms with Gasteiger partial charge in [0.15, 0.2) is 0 Å². The van der Waals surface area contributed by atoms with Crippen LogP contribution in [-0.2, 0) is 4.74 Å². The third-order valence-corrected chi connectivity index (χ3v) is 2.20. The van der Waals surface area contributed by atoms with Crippen molar-refractivity contribution in [3.63, 3.8) is 0 Å². The molecule has 100 valence electrons. The van der Waals surface area contributed by atoms with Crippen molar-refractivity contribution in [2.45, 2.75) is 6.92 Å². The summed E-state index contributed by atoms with van der Waals surface area (Å²) in [6.45, 7) is 2.04. The summed E-state index contributed by atoms with van der Waals surface area (Å²) in [4.78, 5) is 24.2. The Balaban J connectivity index is 0.000000258. The Kier molecular flexibility index (Phi) is 5.75. The van der Waals surface area contributed by atoms with Gasteiger partial charge < -0.3 is 9.84 Å². The third-order valence-electron chi connectivity index (χ3n) is 2.10. The number of carboxylic acids is 1. The van der Waals surface area contributed by atoms with Crippen molar-refractivity contribution in [1.82, 2.24) is 4.98 Å². The van der Waals surface area contributed by atoms with E-state index in [1.165, 1.54) is 6.20 Å². The maximum absolute atomic E-state index is 10.6. The molecular weight excluding hydrogens is 270 g/mol. The molecule has 0 fully saturated rings. The zero-order chi connectivity index (χ0) is 14.3. The molecule has 1 aromatic heterocycles. The fraction of sp³-hybridized carbons (Fsp3) is 0.154. The Morgan fingerprint density at radius 3 is 2.58 bits per heavy atom. The quantitative estimate of drug-likeness (QED) is 0.855. The molecule has 0 spiro atoms. The maximum atomic E-state index is 10.6. The molecule has 0 saturated carbocycles. The zero-order valence-corrected chi connectivity index (χ0v) is 10.9. The summed E-state index contributed by atoms with van der Waals surface area (Å²) in [5.74, 6) is -0.946. The molecule has 0 unspecified atom stereocenters. The summed E-state index contributed by atoms with van der Waals surface area (Å²) < 4.78 is 4.17. The van der Waals surface area contributed by atoms with Crippen LogP contribution in [-0.4, -0.2) is 28.1 Å². The molecule has 1 heterocycles. The van der Waals surface area contributed by atoms with E-state index < -0.39 is 11.4 Å². The van der Waals surface area contributed by atoms with Crippen LogP contribution in [0.3, 0.4) is 0 Å². The minimum absolute atomic E-state index is 0.221. The molecule has 0 bridgehead atoms. The second-order valence-electron chi connectivity index (χ2n) is 3.39. The maximum Gasteiger partial charge on any atom is 0.403 e. The van der Waals surface area contributed by atoms with Crippen molar-refractivity contribution in [1.29, 1.82) is 0 Å². The number of ether oxygens (including phenoxy) is 1. The van der Waals surface area contributed by atoms with Crippen molar-refractivity contribution in [2.75, 3.05) is 6.61 Å². The van der Waals surface area contributed by atoms with Gasteiger partial charge in [-0.3, -0.25) is 4.98 Å². The molecule has 19 heavy (non-hydrogen) atoms. The summed E-state index contributed by atoms with van der Waals surface area (Å²) in [6.07, 6.45) is 1.37. The standard InChI is InChI=1S/C10H7NO2.C3H5ClO2/c12-10(13)8-5-7-3-1-2-4-9(7)11-6-8;1-2-6-3(4)5/h1-6H,(H,12,13);2H2,1H3. The highest BCUT2D eigenvalue weighted by Gasteiger charge is 2.03. The summed E-state index contributed by atoms with van der Waals surface area (Å²) >= 11 is 4.72. The Morgan fingerprint density at radius 1 is 1.37 bits per heavy atom. The van der Waals surface area contributed by atoms with Crippen LogP contribution in [0.1, 0.15) is 17.3 Å². The first kappa shape index (κ1) is 14.9. The number of carbonyl (C=O) groups is 2. The third kappa shape index (κ3) is 4.93. The summed E-state index contributed by atoms with van der Waals surface area (Å²) in [5, 5.41) is 9.55. The van der Waals surface area contributed by atoms with Gasteiger partial charge in [-0.1, -0.05) is 18.2 Å². The molecule has 6 heteroatoms. The van der Waals surface area contributed by atoms with E-state index in [2.05, 4.69) is 9.72 Å². The Bertz CT molecular complexity index is 586. The lowest BCUT2D eigenvalue weighted by Crippen LogP contribution is -1.96. The number of fused-ring (bicyclic) bond motifs is 1. The van der Waals surface area contributed by atoms with E-state index in [0.29, 0.717) is 6.61 Å². The van der Waals surface area contributed by atoms with Crippen LogP contribution in [0.2, 0.25) is 0 Å². The van der Waals surface area contributed by atoms with E-state index in [1.807, 2.05) is 24.3 Å². The van der Waals surface area contributed by atoms with E-state index >= 15 is 0 Å². The second kappa shape index (κ2) is 7.33. The van der Waals surface area contributed by atoms with E-state index in [1.54, 1.807) is 13.0 Å². The number of hydrogen-bond acceptors (Lipinski definition) is 4. The molecule has 0 atom stereocenters. The first-order valence-corrected chi connectivity index (χ1v) is 5.82. The number of hydrogen-bond donors (Lipinski definition) is 1. The van der Waals surface area contributed by atoms with E-state index in [9.17, 15) is 9.59 Å². The molecule has 0 amide bonds. The van der Waals surface area contributed by atoms with Gasteiger partial charge in [-0.15, -0.1) is 0 Å². The highest BCUT2D eigenvalue weighted by atomic mass is 35.5. The number of pyridine rings is 1. The smallest absolute Gasteiger partial charge is 0.403 e. The van der Waals surface area contributed by atoms with Gasteiger partial charge >= 0.3 is 11.4 Å². The topological polar surface area (TPSA) is 76.5 Å². The minimum Gasteiger partial charge on any atom is -0.478 e. The lowest BCUT2D eigenvalue weighted by molar-refractivity contribution is 0.0696. The molecule has 0 aliphatic carbocycles. The van der Waals surface area contributed by atoms with Crippen molar-refractivity contribution in [3.8, 4) is 0 Å². The van der Waals surface area contributed by atoms with Crippen LogP contribution < -0.4 is 0 Å². The summed E-state index contributed by atoms with van der Waals surface area (Å²) in [7, 11) is 0. The van der Waals surface area contributed by atoms with Gasteiger partial charge in [0, 0.05) is 23.2 Å². The predicted octanol–water partition coefficient (Wildman–Crippen LogP) is 3.31. The normalized spacial score (nSPS) is 9.37. The number of aromatic nitrogens is 1. The van der Waals surface area contributed by atoms with Crippen LogP contribution in [0.15, 0.2) is 36.5 Å². The second-order valence-corrected chi connectivity index (χ2v) is 3.70. The number of carbonyl (C=O) groups excluding carboxylic acids is 1. The molecule has 0 saturated heterocycles. The minimum atomic E-state index is -0.946.